The summed E-state index contributed by atoms with van der Waals surface area (Å²) in [5, 5.41) is 8.24. The lowest BCUT2D eigenvalue weighted by molar-refractivity contribution is 1.07. The number of nitrogens with zero attached hydrogens (tertiary/aromatic N) is 1. The molecule has 1 aromatic carbocycles. The quantitative estimate of drug-likeness (QED) is 0.791. The third-order valence-corrected chi connectivity index (χ3v) is 2.86. The second-order valence-corrected chi connectivity index (χ2v) is 4.39. The van der Waals surface area contributed by atoms with Gasteiger partial charge in [-0.15, -0.1) is 0 Å². The topological polar surface area (TPSA) is 28.7 Å². The fraction of sp³-hybridized carbons (Fsp3) is 0.125. The van der Waals surface area contributed by atoms with E-state index in [1.807, 2.05) is 13.0 Å². The monoisotopic (exact) mass is 288 g/mol. The highest BCUT2D eigenvalue weighted by molar-refractivity contribution is 9.11. The van der Waals surface area contributed by atoms with Crippen molar-refractivity contribution in [3.63, 3.8) is 0 Å². The Hall–Kier alpha value is -0.350. The normalized spacial score (nSPS) is 10.9. The van der Waals surface area contributed by atoms with Crippen LogP contribution in [0.4, 0.5) is 0 Å². The van der Waals surface area contributed by atoms with Crippen LogP contribution >= 0.6 is 31.9 Å². The molecule has 0 spiro atoms. The van der Waals surface area contributed by atoms with Gasteiger partial charge in [0, 0.05) is 14.3 Å². The number of rotatable bonds is 0. The zero-order chi connectivity index (χ0) is 8.72. The minimum atomic E-state index is 1.02. The van der Waals surface area contributed by atoms with Crippen molar-refractivity contribution in [1.29, 1.82) is 0 Å². The highest BCUT2D eigenvalue weighted by Gasteiger charge is 2.05. The second-order valence-electron chi connectivity index (χ2n) is 2.62. The molecule has 0 saturated carbocycles. The molecule has 0 bridgehead atoms. The summed E-state index contributed by atoms with van der Waals surface area (Å²) in [6, 6.07) is 4.05. The molecule has 12 heavy (non-hydrogen) atoms. The van der Waals surface area contributed by atoms with Crippen molar-refractivity contribution in [3.05, 3.63) is 26.8 Å². The van der Waals surface area contributed by atoms with Gasteiger partial charge >= 0.3 is 0 Å². The maximum Gasteiger partial charge on any atom is 0.0795 e. The van der Waals surface area contributed by atoms with Gasteiger partial charge in [0.2, 0.25) is 0 Å². The molecular weight excluding hydrogens is 284 g/mol. The number of hydrogen-bond acceptors (Lipinski definition) is 1. The van der Waals surface area contributed by atoms with Gasteiger partial charge in [0.1, 0.15) is 0 Å². The van der Waals surface area contributed by atoms with Crippen LogP contribution in [0.25, 0.3) is 10.9 Å². The summed E-state index contributed by atoms with van der Waals surface area (Å²) in [4.78, 5) is 0. The number of hydrogen-bond donors (Lipinski definition) is 1. The van der Waals surface area contributed by atoms with Crippen molar-refractivity contribution >= 4 is 42.8 Å². The maximum atomic E-state index is 4.12. The van der Waals surface area contributed by atoms with Crippen molar-refractivity contribution in [1.82, 2.24) is 10.2 Å². The van der Waals surface area contributed by atoms with Gasteiger partial charge in [-0.2, -0.15) is 5.10 Å². The number of aromatic amines is 1. The molecule has 1 N–H and O–H groups in total. The van der Waals surface area contributed by atoms with Crippen LogP contribution < -0.4 is 0 Å². The first-order valence-electron chi connectivity index (χ1n) is 3.48. The molecule has 0 fully saturated rings. The van der Waals surface area contributed by atoms with Crippen LogP contribution in [-0.2, 0) is 0 Å². The Morgan fingerprint density at radius 1 is 1.33 bits per heavy atom. The molecule has 0 aliphatic rings. The highest BCUT2D eigenvalue weighted by Crippen LogP contribution is 2.28. The van der Waals surface area contributed by atoms with Gasteiger partial charge < -0.3 is 0 Å². The Balaban J connectivity index is 2.92. The summed E-state index contributed by atoms with van der Waals surface area (Å²) in [5.74, 6) is 0. The van der Waals surface area contributed by atoms with Crippen LogP contribution in [0.3, 0.4) is 0 Å². The molecule has 2 aromatic rings. The van der Waals surface area contributed by atoms with Crippen LogP contribution in [0, 0.1) is 6.92 Å². The number of H-pyrrole nitrogens is 1. The van der Waals surface area contributed by atoms with E-state index in [9.17, 15) is 0 Å². The van der Waals surface area contributed by atoms with Crippen LogP contribution in [0.5, 0.6) is 0 Å². The van der Waals surface area contributed by atoms with Gasteiger partial charge in [0.25, 0.3) is 0 Å². The van der Waals surface area contributed by atoms with Gasteiger partial charge in [-0.25, -0.2) is 0 Å². The number of fused-ring (bicyclic) bond motifs is 1. The number of aryl methyl sites for hydroxylation is 1. The van der Waals surface area contributed by atoms with E-state index >= 15 is 0 Å². The second kappa shape index (κ2) is 2.85. The summed E-state index contributed by atoms with van der Waals surface area (Å²) in [6.45, 7) is 1.98. The number of aromatic nitrogens is 2. The first-order chi connectivity index (χ1) is 5.68. The van der Waals surface area contributed by atoms with E-state index in [2.05, 4.69) is 48.1 Å². The van der Waals surface area contributed by atoms with E-state index in [1.54, 1.807) is 0 Å². The third-order valence-electron chi connectivity index (χ3n) is 1.78. The molecule has 0 unspecified atom stereocenters. The molecule has 0 aliphatic carbocycles. The van der Waals surface area contributed by atoms with Gasteiger partial charge in [-0.05, 0) is 35.0 Å². The molecule has 4 heteroatoms. The molecule has 0 radical (unpaired) electrons. The van der Waals surface area contributed by atoms with Crippen LogP contribution in [0.1, 0.15) is 5.69 Å². The lowest BCUT2D eigenvalue weighted by Gasteiger charge is -1.95. The van der Waals surface area contributed by atoms with Gasteiger partial charge in [0.05, 0.1) is 11.2 Å². The zero-order valence-electron chi connectivity index (χ0n) is 6.36. The Labute approximate surface area is 86.6 Å². The highest BCUT2D eigenvalue weighted by atomic mass is 79.9. The Morgan fingerprint density at radius 2 is 2.08 bits per heavy atom. The van der Waals surface area contributed by atoms with E-state index in [0.29, 0.717) is 0 Å². The van der Waals surface area contributed by atoms with Crippen LogP contribution in [-0.4, -0.2) is 10.2 Å². The Bertz CT molecular complexity index is 434. The molecule has 0 amide bonds. The molecule has 0 saturated heterocycles. The summed E-state index contributed by atoms with van der Waals surface area (Å²) < 4.78 is 2.10. The molecule has 2 nitrogen and oxygen atoms in total. The van der Waals surface area contributed by atoms with Crippen molar-refractivity contribution in [2.24, 2.45) is 0 Å². The minimum Gasteiger partial charge on any atom is -0.276 e. The van der Waals surface area contributed by atoms with Crippen LogP contribution in [0.2, 0.25) is 0 Å². The van der Waals surface area contributed by atoms with Crippen LogP contribution in [0.15, 0.2) is 21.1 Å². The fourth-order valence-corrected chi connectivity index (χ4v) is 2.49. The predicted molar refractivity (Wildman–Crippen MR) is 56.2 cm³/mol. The van der Waals surface area contributed by atoms with Crippen molar-refractivity contribution in [2.45, 2.75) is 6.92 Å². The molecule has 1 heterocycles. The number of halogens is 2. The van der Waals surface area contributed by atoms with Gasteiger partial charge in [-0.3, -0.25) is 5.10 Å². The van der Waals surface area contributed by atoms with Gasteiger partial charge in [-0.1, -0.05) is 15.9 Å². The van der Waals surface area contributed by atoms with E-state index in [1.165, 1.54) is 0 Å². The van der Waals surface area contributed by atoms with E-state index in [0.717, 1.165) is 25.5 Å². The molecule has 0 atom stereocenters. The van der Waals surface area contributed by atoms with Gasteiger partial charge in [0.15, 0.2) is 0 Å². The lowest BCUT2D eigenvalue weighted by atomic mass is 10.2. The summed E-state index contributed by atoms with van der Waals surface area (Å²) in [7, 11) is 0. The molecular formula is C8H6Br2N2. The van der Waals surface area contributed by atoms with E-state index in [-0.39, 0.29) is 0 Å². The average Bonchev–Trinajstić information content (AvgIpc) is 2.33. The number of nitrogens with one attached hydrogen (secondary N) is 1. The fourth-order valence-electron chi connectivity index (χ4n) is 1.17. The van der Waals surface area contributed by atoms with E-state index < -0.39 is 0 Å². The standard InChI is InChI=1S/C8H6Br2N2/c1-4-6-2-5(9)3-7(10)8(6)12-11-4/h2-3H,1H3,(H,11,12). The largest absolute Gasteiger partial charge is 0.276 e. The maximum absolute atomic E-state index is 4.12. The SMILES string of the molecule is Cc1n[nH]c2c(Br)cc(Br)cc12. The lowest BCUT2D eigenvalue weighted by Crippen LogP contribution is -1.72. The zero-order valence-corrected chi connectivity index (χ0v) is 9.53. The average molecular weight is 290 g/mol. The molecule has 1 aromatic heterocycles. The first kappa shape index (κ1) is 8.26. The van der Waals surface area contributed by atoms with Crippen molar-refractivity contribution in [3.8, 4) is 0 Å². The molecule has 2 rings (SSSR count). The minimum absolute atomic E-state index is 1.02. The third kappa shape index (κ3) is 1.19. The molecule has 62 valence electrons. The summed E-state index contributed by atoms with van der Waals surface area (Å²) in [5.41, 5.74) is 2.07. The van der Waals surface area contributed by atoms with Crippen molar-refractivity contribution in [2.75, 3.05) is 0 Å². The predicted octanol–water partition coefficient (Wildman–Crippen LogP) is 3.40. The summed E-state index contributed by atoms with van der Waals surface area (Å²) in [6.07, 6.45) is 0. The smallest absolute Gasteiger partial charge is 0.0795 e. The van der Waals surface area contributed by atoms with Crippen molar-refractivity contribution < 1.29 is 0 Å². The summed E-state index contributed by atoms with van der Waals surface area (Å²) >= 11 is 6.89. The van der Waals surface area contributed by atoms with E-state index in [4.69, 9.17) is 0 Å². The first-order valence-corrected chi connectivity index (χ1v) is 5.07. The number of benzene rings is 1. The Morgan fingerprint density at radius 3 is 2.83 bits per heavy atom. The Kier molecular flexibility index (Phi) is 1.96. The molecule has 0 aliphatic heterocycles.